The third kappa shape index (κ3) is 19.7. The molecule has 20 heteroatoms. The van der Waals surface area contributed by atoms with Gasteiger partial charge in [0.1, 0.15) is 40.9 Å². The van der Waals surface area contributed by atoms with Crippen molar-refractivity contribution in [3.63, 3.8) is 0 Å². The Kier molecular flexibility index (Phi) is 27.0. The number of halogens is 1. The number of hydrogen-bond donors (Lipinski definition) is 4. The lowest BCUT2D eigenvalue weighted by atomic mass is 9.81. The molecule has 0 aromatic heterocycles. The van der Waals surface area contributed by atoms with Crippen LogP contribution in [0.1, 0.15) is 65.3 Å². The summed E-state index contributed by atoms with van der Waals surface area (Å²) in [6, 6.07) is 58.1. The van der Waals surface area contributed by atoms with Crippen LogP contribution in [0.15, 0.2) is 193 Å². The number of nitro groups is 1. The molecule has 19 nitrogen and oxygen atoms in total. The molecule has 7 aromatic carbocycles. The molecule has 0 spiro atoms. The zero-order valence-electron chi connectivity index (χ0n) is 52.2. The highest BCUT2D eigenvalue weighted by Crippen LogP contribution is 2.37. The number of nitrogens with one attached hydrogen (secondary N) is 1. The van der Waals surface area contributed by atoms with Crippen molar-refractivity contribution in [2.24, 2.45) is 0 Å². The van der Waals surface area contributed by atoms with Crippen LogP contribution in [0.4, 0.5) is 20.1 Å². The summed E-state index contributed by atoms with van der Waals surface area (Å²) in [6.45, 7) is 14.5. The first-order valence-corrected chi connectivity index (χ1v) is 31.4. The van der Waals surface area contributed by atoms with Crippen LogP contribution in [0, 0.1) is 24.0 Å². The summed E-state index contributed by atoms with van der Waals surface area (Å²) in [5, 5.41) is 48.8. The van der Waals surface area contributed by atoms with Crippen molar-refractivity contribution < 1.29 is 67.8 Å². The molecule has 7 aromatic rings. The highest BCUT2D eigenvalue weighted by atomic mass is 79.9. The fraction of sp³-hybridized carbons (Fsp3) is 0.366. The van der Waals surface area contributed by atoms with E-state index in [-0.39, 0.29) is 49.4 Å². The van der Waals surface area contributed by atoms with Crippen LogP contribution < -0.4 is 10.1 Å². The fourth-order valence-electron chi connectivity index (χ4n) is 10.9. The Hall–Kier alpha value is -8.05. The Morgan fingerprint density at radius 1 is 0.538 bits per heavy atom. The summed E-state index contributed by atoms with van der Waals surface area (Å²) in [6.07, 6.45) is -1.60. The third-order valence-corrected chi connectivity index (χ3v) is 16.7. The van der Waals surface area contributed by atoms with E-state index in [1.54, 1.807) is 30.6 Å². The number of ether oxygens (including phenoxy) is 7. The second-order valence-electron chi connectivity index (χ2n) is 22.0. The molecule has 10 rings (SSSR count). The maximum Gasteiger partial charge on any atom is 0.513 e. The van der Waals surface area contributed by atoms with Gasteiger partial charge >= 0.3 is 18.3 Å². The van der Waals surface area contributed by atoms with Crippen LogP contribution in [0.2, 0.25) is 0 Å². The van der Waals surface area contributed by atoms with Crippen molar-refractivity contribution in [3.05, 3.63) is 247 Å². The molecule has 0 radical (unpaired) electrons. The van der Waals surface area contributed by atoms with Crippen LogP contribution in [0.5, 0.6) is 5.75 Å². The lowest BCUT2D eigenvalue weighted by molar-refractivity contribution is -0.384. The Morgan fingerprint density at radius 3 is 1.32 bits per heavy atom. The number of rotatable bonds is 17. The molecular formula is C71H83BrN4O15. The number of amides is 2. The largest absolute Gasteiger partial charge is 0.513 e. The van der Waals surface area contributed by atoms with E-state index in [9.17, 15) is 39.8 Å². The molecule has 2 amide bonds. The number of aliphatic hydroxyl groups is 3. The average Bonchev–Trinajstić information content (AvgIpc) is 0.895. The second kappa shape index (κ2) is 35.0. The van der Waals surface area contributed by atoms with Crippen LogP contribution in [0.3, 0.4) is 0 Å². The lowest BCUT2D eigenvalue weighted by Crippen LogP contribution is -2.55. The van der Waals surface area contributed by atoms with E-state index in [4.69, 9.17) is 28.4 Å². The molecule has 91 heavy (non-hydrogen) atoms. The van der Waals surface area contributed by atoms with Gasteiger partial charge in [-0.25, -0.2) is 14.4 Å². The zero-order chi connectivity index (χ0) is 65.2. The maximum atomic E-state index is 12.2. The number of hydrogen-bond acceptors (Lipinski definition) is 16. The van der Waals surface area contributed by atoms with E-state index in [0.29, 0.717) is 71.9 Å². The second-order valence-corrected chi connectivity index (χ2v) is 22.8. The van der Waals surface area contributed by atoms with Crippen molar-refractivity contribution in [2.45, 2.75) is 89.0 Å². The monoisotopic (exact) mass is 1310 g/mol. The predicted octanol–water partition coefficient (Wildman–Crippen LogP) is 11.6. The highest BCUT2D eigenvalue weighted by Gasteiger charge is 2.45. The van der Waals surface area contributed by atoms with Gasteiger partial charge in [0.15, 0.2) is 0 Å². The number of aryl methyl sites for hydroxylation is 2. The predicted molar refractivity (Wildman–Crippen MR) is 349 cm³/mol. The molecule has 3 aliphatic rings. The molecule has 3 saturated heterocycles. The minimum Gasteiger partial charge on any atom is -0.450 e. The standard InChI is InChI=1S/C22H27NO4.C21H24BrNO4.C19H23NO2.C9H9NO5/c1-3-26-21(24)23-13-14-27-20(16-23)22(25,19-11-5-4-6-12-19)15-18-10-8-7-9-17(18)2;1-2-26-20(24)23-12-13-27-19(15-23)21(25,17-9-4-3-5-10-17)14-16-8-6-7-11-18(16)22;1-15-7-5-6-8-16(15)13-19(21,17-9-3-2-4-10-17)18-14-20-11-12-22-18;1-2-14-9(11)15-8-5-3-7(4-6-8)10(12)13/h4-12,20,25H,3,13-16H2,1-2H3;3-11,19,25H,2,12-15H2,1H3;2-10,18,20-21H,11-14H2,1H3;3-6H,2H2,1H3/t20-,22+;19-,21+;18-,19+;/m000./s1. The molecule has 484 valence electrons. The Bertz CT molecular complexity index is 3250. The third-order valence-electron chi connectivity index (χ3n) is 15.9. The van der Waals surface area contributed by atoms with Crippen LogP contribution in [-0.2, 0) is 64.5 Å². The van der Waals surface area contributed by atoms with Crippen molar-refractivity contribution in [2.75, 3.05) is 78.9 Å². The number of carbonyl (C=O) groups is 3. The van der Waals surface area contributed by atoms with Crippen molar-refractivity contribution in [1.82, 2.24) is 15.1 Å². The molecular weight excluding hydrogens is 1230 g/mol. The van der Waals surface area contributed by atoms with E-state index in [1.165, 1.54) is 29.8 Å². The Labute approximate surface area is 541 Å². The van der Waals surface area contributed by atoms with E-state index >= 15 is 0 Å². The first kappa shape index (κ1) is 70.4. The van der Waals surface area contributed by atoms with E-state index in [1.807, 2.05) is 159 Å². The highest BCUT2D eigenvalue weighted by molar-refractivity contribution is 9.10. The van der Waals surface area contributed by atoms with Gasteiger partial charge in [-0.1, -0.05) is 174 Å². The van der Waals surface area contributed by atoms with E-state index in [0.717, 1.165) is 50.0 Å². The van der Waals surface area contributed by atoms with Gasteiger partial charge in [-0.2, -0.15) is 0 Å². The summed E-state index contributed by atoms with van der Waals surface area (Å²) in [7, 11) is 0. The number of non-ortho nitro benzene ring substituents is 1. The molecule has 4 N–H and O–H groups in total. The summed E-state index contributed by atoms with van der Waals surface area (Å²) >= 11 is 3.56. The first-order valence-electron chi connectivity index (χ1n) is 30.6. The van der Waals surface area contributed by atoms with Crippen molar-refractivity contribution in [1.29, 1.82) is 0 Å². The molecule has 0 aliphatic carbocycles. The molecule has 0 saturated carbocycles. The summed E-state index contributed by atoms with van der Waals surface area (Å²) in [4.78, 5) is 48.2. The van der Waals surface area contributed by atoms with Gasteiger partial charge in [-0.3, -0.25) is 10.1 Å². The number of nitro benzene ring substituents is 1. The normalized spacial score (nSPS) is 18.2. The van der Waals surface area contributed by atoms with Crippen LogP contribution >= 0.6 is 15.9 Å². The lowest BCUT2D eigenvalue weighted by Gasteiger charge is -2.42. The van der Waals surface area contributed by atoms with Crippen LogP contribution in [0.25, 0.3) is 0 Å². The van der Waals surface area contributed by atoms with Crippen molar-refractivity contribution in [3.8, 4) is 5.75 Å². The quantitative estimate of drug-likeness (QED) is 0.0218. The van der Waals surface area contributed by atoms with Crippen LogP contribution in [-0.4, -0.2) is 146 Å². The molecule has 0 unspecified atom stereocenters. The first-order chi connectivity index (χ1) is 43.9. The zero-order valence-corrected chi connectivity index (χ0v) is 53.8. The smallest absolute Gasteiger partial charge is 0.450 e. The van der Waals surface area contributed by atoms with Gasteiger partial charge in [0.25, 0.3) is 5.69 Å². The maximum absolute atomic E-state index is 12.2. The van der Waals surface area contributed by atoms with E-state index in [2.05, 4.69) is 45.0 Å². The summed E-state index contributed by atoms with van der Waals surface area (Å²) in [5.74, 6) is 0.207. The summed E-state index contributed by atoms with van der Waals surface area (Å²) < 4.78 is 38.2. The van der Waals surface area contributed by atoms with E-state index < -0.39 is 40.1 Å². The molecule has 3 heterocycles. The number of nitrogens with zero attached hydrogens (tertiary/aromatic N) is 3. The van der Waals surface area contributed by atoms with Gasteiger partial charge in [0.2, 0.25) is 0 Å². The molecule has 3 fully saturated rings. The average molecular weight is 1310 g/mol. The Morgan fingerprint density at radius 2 is 0.923 bits per heavy atom. The number of benzene rings is 7. The minimum atomic E-state index is -1.28. The summed E-state index contributed by atoms with van der Waals surface area (Å²) in [5.41, 5.74) is 4.32. The topological polar surface area (TPSA) is 238 Å². The number of morpholine rings is 3. The SMILES string of the molecule is CCOC(=O)N1CCO[C@H]([C@@](O)(Cc2ccccc2Br)c2ccccc2)C1.CCOC(=O)N1CCO[C@H]([C@@](O)(Cc2ccccc2C)c2ccccc2)C1.CCOC(=O)Oc1ccc([N+](=O)[O-])cc1.Cc1ccccc1C[C@@](O)(c1ccccc1)[C@@H]1CNCCO1. The minimum absolute atomic E-state index is 0.0637. The van der Waals surface area contributed by atoms with Gasteiger partial charge in [-0.05, 0) is 97.3 Å². The Balaban J connectivity index is 0.000000176. The van der Waals surface area contributed by atoms with Gasteiger partial charge in [0.05, 0.1) is 57.7 Å². The number of carbonyl (C=O) groups excluding carboxylic acids is 3. The molecule has 6 atom stereocenters. The van der Waals surface area contributed by atoms with Gasteiger partial charge < -0.3 is 63.6 Å². The fourth-order valence-corrected chi connectivity index (χ4v) is 11.3. The van der Waals surface area contributed by atoms with Gasteiger partial charge in [-0.15, -0.1) is 0 Å². The molecule has 3 aliphatic heterocycles. The molecule has 0 bridgehead atoms. The van der Waals surface area contributed by atoms with Crippen molar-refractivity contribution >= 4 is 40.0 Å². The van der Waals surface area contributed by atoms with Gasteiger partial charge in [0, 0.05) is 62.0 Å².